The second-order valence-corrected chi connectivity index (χ2v) is 11.3. The number of imidazole rings is 1. The van der Waals surface area contributed by atoms with E-state index < -0.39 is 5.60 Å². The molecule has 0 spiro atoms. The quantitative estimate of drug-likeness (QED) is 0.428. The van der Waals surface area contributed by atoms with Crippen LogP contribution >= 0.6 is 0 Å². The fourth-order valence-corrected chi connectivity index (χ4v) is 5.16. The molecule has 11 nitrogen and oxygen atoms in total. The van der Waals surface area contributed by atoms with Gasteiger partial charge in [0, 0.05) is 32.7 Å². The van der Waals surface area contributed by atoms with E-state index in [9.17, 15) is 4.79 Å². The molecule has 0 radical (unpaired) electrons. The van der Waals surface area contributed by atoms with Crippen molar-refractivity contribution in [3.8, 4) is 5.95 Å². The molecule has 3 aromatic rings. The van der Waals surface area contributed by atoms with Crippen molar-refractivity contribution >= 4 is 29.0 Å². The molecule has 1 aromatic carbocycles. The minimum atomic E-state index is -0.475. The van der Waals surface area contributed by atoms with E-state index in [0.717, 1.165) is 68.8 Å². The predicted octanol–water partition coefficient (Wildman–Crippen LogP) is 3.96. The van der Waals surface area contributed by atoms with Crippen LogP contribution in [0, 0.1) is 5.92 Å². The molecule has 2 aliphatic heterocycles. The van der Waals surface area contributed by atoms with Gasteiger partial charge in [0.15, 0.2) is 0 Å². The number of aromatic nitrogens is 5. The number of carbonyl (C=O) groups is 1. The van der Waals surface area contributed by atoms with Crippen LogP contribution in [-0.2, 0) is 9.47 Å². The maximum atomic E-state index is 11.9. The van der Waals surface area contributed by atoms with E-state index in [0.29, 0.717) is 37.6 Å². The Bertz CT molecular complexity index is 1250. The van der Waals surface area contributed by atoms with Crippen molar-refractivity contribution in [3.63, 3.8) is 0 Å². The van der Waals surface area contributed by atoms with Crippen molar-refractivity contribution in [3.05, 3.63) is 30.6 Å². The van der Waals surface area contributed by atoms with Crippen molar-refractivity contribution in [2.75, 3.05) is 55.7 Å². The topological polar surface area (TPSA) is 111 Å². The summed E-state index contributed by atoms with van der Waals surface area (Å²) in [5.74, 6) is 2.55. The lowest BCUT2D eigenvalue weighted by Gasteiger charge is -2.34. The molecule has 4 heterocycles. The van der Waals surface area contributed by atoms with Gasteiger partial charge in [-0.25, -0.2) is 9.78 Å². The SMILES string of the molecule is CC(C)(C)OC(=O)NCCCCC1CCCN(c2nc(N3CCOCC3)nc(-n3cnc4ccccc43)n2)C1. The highest BCUT2D eigenvalue weighted by molar-refractivity contribution is 5.76. The van der Waals surface area contributed by atoms with Crippen molar-refractivity contribution in [1.29, 1.82) is 0 Å². The van der Waals surface area contributed by atoms with E-state index in [1.165, 1.54) is 6.42 Å². The number of unbranched alkanes of at least 4 members (excludes halogenated alkanes) is 1. The zero-order valence-corrected chi connectivity index (χ0v) is 23.3. The van der Waals surface area contributed by atoms with Gasteiger partial charge in [-0.1, -0.05) is 18.6 Å². The number of piperidine rings is 1. The molecule has 5 rings (SSSR count). The molecule has 1 N–H and O–H groups in total. The summed E-state index contributed by atoms with van der Waals surface area (Å²) >= 11 is 0. The first-order valence-corrected chi connectivity index (χ1v) is 14.1. The van der Waals surface area contributed by atoms with Gasteiger partial charge in [-0.2, -0.15) is 15.0 Å². The highest BCUT2D eigenvalue weighted by Gasteiger charge is 2.25. The molecule has 1 amide bonds. The highest BCUT2D eigenvalue weighted by Crippen LogP contribution is 2.27. The number of para-hydroxylation sites is 2. The number of alkyl carbamates (subject to hydrolysis) is 1. The van der Waals surface area contributed by atoms with Crippen LogP contribution in [0.5, 0.6) is 0 Å². The van der Waals surface area contributed by atoms with E-state index >= 15 is 0 Å². The Labute approximate surface area is 229 Å². The first-order chi connectivity index (χ1) is 18.9. The molecule has 11 heteroatoms. The van der Waals surface area contributed by atoms with Crippen molar-refractivity contribution in [2.45, 2.75) is 58.5 Å². The maximum Gasteiger partial charge on any atom is 0.407 e. The molecule has 210 valence electrons. The van der Waals surface area contributed by atoms with Gasteiger partial charge >= 0.3 is 6.09 Å². The second kappa shape index (κ2) is 12.1. The Balaban J connectivity index is 1.26. The Morgan fingerprint density at radius 2 is 1.77 bits per heavy atom. The molecule has 0 aliphatic carbocycles. The number of nitrogens with one attached hydrogen (secondary N) is 1. The van der Waals surface area contributed by atoms with E-state index in [1.54, 1.807) is 6.33 Å². The molecule has 2 saturated heterocycles. The number of carbonyl (C=O) groups excluding carboxylic acids is 1. The Morgan fingerprint density at radius 1 is 1.03 bits per heavy atom. The lowest BCUT2D eigenvalue weighted by Crippen LogP contribution is -2.40. The molecule has 0 bridgehead atoms. The van der Waals surface area contributed by atoms with Gasteiger partial charge in [0.1, 0.15) is 11.9 Å². The van der Waals surface area contributed by atoms with Gasteiger partial charge in [-0.05, 0) is 64.5 Å². The lowest BCUT2D eigenvalue weighted by atomic mass is 9.93. The summed E-state index contributed by atoms with van der Waals surface area (Å²) in [7, 11) is 0. The predicted molar refractivity (Wildman–Crippen MR) is 151 cm³/mol. The maximum absolute atomic E-state index is 11.9. The molecule has 1 unspecified atom stereocenters. The van der Waals surface area contributed by atoms with Gasteiger partial charge < -0.3 is 24.6 Å². The average Bonchev–Trinajstić information content (AvgIpc) is 3.37. The minimum Gasteiger partial charge on any atom is -0.444 e. The third kappa shape index (κ3) is 7.14. The summed E-state index contributed by atoms with van der Waals surface area (Å²) < 4.78 is 12.8. The lowest BCUT2D eigenvalue weighted by molar-refractivity contribution is 0.0526. The van der Waals surface area contributed by atoms with E-state index in [2.05, 4.69) is 20.1 Å². The monoisotopic (exact) mass is 536 g/mol. The molecule has 1 atom stereocenters. The number of hydrogen-bond donors (Lipinski definition) is 1. The van der Waals surface area contributed by atoms with Crippen LogP contribution in [0.15, 0.2) is 30.6 Å². The fourth-order valence-electron chi connectivity index (χ4n) is 5.16. The van der Waals surface area contributed by atoms with E-state index in [-0.39, 0.29) is 6.09 Å². The van der Waals surface area contributed by atoms with Crippen LogP contribution in [0.1, 0.15) is 52.9 Å². The molecule has 2 aliphatic rings. The van der Waals surface area contributed by atoms with Crippen molar-refractivity contribution in [2.24, 2.45) is 5.92 Å². The zero-order chi connectivity index (χ0) is 27.2. The number of hydrogen-bond acceptors (Lipinski definition) is 9. The number of morpholine rings is 1. The molecular formula is C28H40N8O3. The number of anilines is 2. The summed E-state index contributed by atoms with van der Waals surface area (Å²) in [5, 5.41) is 2.86. The number of ether oxygens (including phenoxy) is 2. The largest absolute Gasteiger partial charge is 0.444 e. The average molecular weight is 537 g/mol. The molecule has 0 saturated carbocycles. The Morgan fingerprint density at radius 3 is 2.56 bits per heavy atom. The number of fused-ring (bicyclic) bond motifs is 1. The summed E-state index contributed by atoms with van der Waals surface area (Å²) in [6.07, 6.45) is 6.82. The summed E-state index contributed by atoms with van der Waals surface area (Å²) in [6, 6.07) is 8.02. The van der Waals surface area contributed by atoms with Gasteiger partial charge in [0.25, 0.3) is 0 Å². The number of nitrogens with zero attached hydrogens (tertiary/aromatic N) is 7. The van der Waals surface area contributed by atoms with Gasteiger partial charge in [-0.15, -0.1) is 0 Å². The normalized spacial score (nSPS) is 18.4. The summed E-state index contributed by atoms with van der Waals surface area (Å²) in [5.41, 5.74) is 1.41. The molecular weight excluding hydrogens is 496 g/mol. The van der Waals surface area contributed by atoms with Crippen LogP contribution in [0.25, 0.3) is 17.0 Å². The summed E-state index contributed by atoms with van der Waals surface area (Å²) in [6.45, 7) is 10.9. The zero-order valence-electron chi connectivity index (χ0n) is 23.3. The summed E-state index contributed by atoms with van der Waals surface area (Å²) in [4.78, 5) is 35.7. The van der Waals surface area contributed by atoms with Crippen LogP contribution < -0.4 is 15.1 Å². The standard InChI is InChI=1S/C28H40N8O3/c1-28(2,3)39-27(37)29-13-7-6-9-21-10-8-14-35(19-21)25-31-24(34-15-17-38-18-16-34)32-26(33-25)36-20-30-22-11-4-5-12-23(22)36/h4-5,11-12,20-21H,6-10,13-19H2,1-3H3,(H,29,37). The van der Waals surface area contributed by atoms with Crippen LogP contribution in [-0.4, -0.2) is 82.1 Å². The first kappa shape index (κ1) is 27.1. The minimum absolute atomic E-state index is 0.348. The number of rotatable bonds is 8. The van der Waals surface area contributed by atoms with Gasteiger partial charge in [-0.3, -0.25) is 4.57 Å². The highest BCUT2D eigenvalue weighted by atomic mass is 16.6. The second-order valence-electron chi connectivity index (χ2n) is 11.3. The fraction of sp³-hybridized carbons (Fsp3) is 0.607. The van der Waals surface area contributed by atoms with Crippen molar-refractivity contribution in [1.82, 2.24) is 29.8 Å². The Kier molecular flexibility index (Phi) is 8.44. The van der Waals surface area contributed by atoms with Gasteiger partial charge in [0.05, 0.1) is 24.2 Å². The smallest absolute Gasteiger partial charge is 0.407 e. The first-order valence-electron chi connectivity index (χ1n) is 14.1. The number of benzene rings is 1. The van der Waals surface area contributed by atoms with Crippen LogP contribution in [0.2, 0.25) is 0 Å². The molecule has 2 aromatic heterocycles. The molecule has 2 fully saturated rings. The van der Waals surface area contributed by atoms with Crippen LogP contribution in [0.4, 0.5) is 16.7 Å². The Hall–Kier alpha value is -3.47. The van der Waals surface area contributed by atoms with E-state index in [4.69, 9.17) is 24.4 Å². The third-order valence-corrected chi connectivity index (χ3v) is 7.07. The van der Waals surface area contributed by atoms with Gasteiger partial charge in [0.2, 0.25) is 17.8 Å². The molecule has 39 heavy (non-hydrogen) atoms. The van der Waals surface area contributed by atoms with E-state index in [1.807, 2.05) is 49.6 Å². The van der Waals surface area contributed by atoms with Crippen LogP contribution in [0.3, 0.4) is 0 Å². The van der Waals surface area contributed by atoms with Crippen molar-refractivity contribution < 1.29 is 14.3 Å². The third-order valence-electron chi connectivity index (χ3n) is 7.07. The number of amides is 1.